The lowest BCUT2D eigenvalue weighted by atomic mass is 9.97. The van der Waals surface area contributed by atoms with E-state index in [4.69, 9.17) is 4.74 Å². The van der Waals surface area contributed by atoms with Crippen molar-refractivity contribution in [3.8, 4) is 5.75 Å². The average molecular weight is 350 g/mol. The van der Waals surface area contributed by atoms with Crippen LogP contribution in [-0.4, -0.2) is 17.9 Å². The number of non-ortho nitro benzene ring substituents is 1. The van der Waals surface area contributed by atoms with E-state index < -0.39 is 10.8 Å². The quantitative estimate of drug-likeness (QED) is 0.542. The molecule has 6 nitrogen and oxygen atoms in total. The van der Waals surface area contributed by atoms with Crippen LogP contribution in [-0.2, 0) is 4.79 Å². The van der Waals surface area contributed by atoms with Crippen LogP contribution in [0.1, 0.15) is 18.4 Å². The van der Waals surface area contributed by atoms with Gasteiger partial charge in [-0.05, 0) is 41.5 Å². The Labute approximate surface area is 150 Å². The number of benzene rings is 3. The molecular weight excluding hydrogens is 332 g/mol. The van der Waals surface area contributed by atoms with Crippen molar-refractivity contribution in [1.29, 1.82) is 0 Å². The fourth-order valence-corrected chi connectivity index (χ4v) is 2.74. The number of carbonyl (C=O) groups is 1. The summed E-state index contributed by atoms with van der Waals surface area (Å²) in [5.41, 5.74) is 1.21. The van der Waals surface area contributed by atoms with Crippen LogP contribution < -0.4 is 10.1 Å². The summed E-state index contributed by atoms with van der Waals surface area (Å²) in [6.07, 6.45) is 0. The molecule has 0 aliphatic heterocycles. The van der Waals surface area contributed by atoms with Gasteiger partial charge in [0, 0.05) is 17.8 Å². The van der Waals surface area contributed by atoms with Crippen LogP contribution in [0.2, 0.25) is 0 Å². The summed E-state index contributed by atoms with van der Waals surface area (Å²) >= 11 is 0. The van der Waals surface area contributed by atoms with Crippen LogP contribution in [0.5, 0.6) is 5.75 Å². The van der Waals surface area contributed by atoms with E-state index >= 15 is 0 Å². The summed E-state index contributed by atoms with van der Waals surface area (Å²) in [6, 6.07) is 17.5. The van der Waals surface area contributed by atoms with Crippen LogP contribution in [0, 0.1) is 10.1 Å². The number of ether oxygens (including phenoxy) is 1. The number of nitrogens with one attached hydrogen (secondary N) is 1. The summed E-state index contributed by atoms with van der Waals surface area (Å²) in [4.78, 5) is 22.9. The van der Waals surface area contributed by atoms with Crippen LogP contribution in [0.25, 0.3) is 10.8 Å². The lowest BCUT2D eigenvalue weighted by molar-refractivity contribution is -0.384. The molecule has 0 spiro atoms. The number of rotatable bonds is 5. The summed E-state index contributed by atoms with van der Waals surface area (Å²) in [7, 11) is 1.62. The number of anilines is 1. The normalized spacial score (nSPS) is 11.8. The van der Waals surface area contributed by atoms with Gasteiger partial charge in [-0.2, -0.15) is 0 Å². The standard InChI is InChI=1S/C20H18N2O4/c1-13(20(23)21-17-4-3-5-18(12-17)22(24)25)14-6-7-16-11-19(26-2)9-8-15(16)10-14/h3-13H,1-2H3,(H,21,23)/t13-/m0/s1. The molecule has 0 bridgehead atoms. The van der Waals surface area contributed by atoms with E-state index in [1.165, 1.54) is 12.1 Å². The molecule has 1 amide bonds. The Hall–Kier alpha value is -3.41. The monoisotopic (exact) mass is 350 g/mol. The van der Waals surface area contributed by atoms with Crippen LogP contribution in [0.4, 0.5) is 11.4 Å². The molecule has 0 fully saturated rings. The molecule has 3 aromatic rings. The maximum atomic E-state index is 12.5. The van der Waals surface area contributed by atoms with Crippen LogP contribution >= 0.6 is 0 Å². The number of nitro groups is 1. The number of hydrogen-bond donors (Lipinski definition) is 1. The van der Waals surface area contributed by atoms with Crippen molar-refractivity contribution in [1.82, 2.24) is 0 Å². The number of amides is 1. The second kappa shape index (κ2) is 7.23. The van der Waals surface area contributed by atoms with Crippen molar-refractivity contribution in [2.75, 3.05) is 12.4 Å². The molecule has 1 atom stereocenters. The number of hydrogen-bond acceptors (Lipinski definition) is 4. The van der Waals surface area contributed by atoms with Gasteiger partial charge in [-0.25, -0.2) is 0 Å². The third kappa shape index (κ3) is 3.64. The molecule has 6 heteroatoms. The van der Waals surface area contributed by atoms with Crippen LogP contribution in [0.15, 0.2) is 60.7 Å². The van der Waals surface area contributed by atoms with Gasteiger partial charge >= 0.3 is 0 Å². The number of carbonyl (C=O) groups excluding carboxylic acids is 1. The van der Waals surface area contributed by atoms with Crippen molar-refractivity contribution >= 4 is 28.1 Å². The Morgan fingerprint density at radius 2 is 1.81 bits per heavy atom. The number of fused-ring (bicyclic) bond motifs is 1. The molecule has 0 aromatic heterocycles. The Bertz CT molecular complexity index is 984. The summed E-state index contributed by atoms with van der Waals surface area (Å²) in [5.74, 6) is 0.154. The molecule has 0 saturated heterocycles. The maximum Gasteiger partial charge on any atom is 0.271 e. The van der Waals surface area contributed by atoms with Gasteiger partial charge in [-0.3, -0.25) is 14.9 Å². The van der Waals surface area contributed by atoms with E-state index in [9.17, 15) is 14.9 Å². The summed E-state index contributed by atoms with van der Waals surface area (Å²) in [6.45, 7) is 1.80. The topological polar surface area (TPSA) is 81.5 Å². The first kappa shape index (κ1) is 17.4. The van der Waals surface area contributed by atoms with E-state index in [1.54, 1.807) is 26.2 Å². The summed E-state index contributed by atoms with van der Waals surface area (Å²) in [5, 5.41) is 15.6. The Morgan fingerprint density at radius 1 is 1.08 bits per heavy atom. The predicted octanol–water partition coefficient (Wildman–Crippen LogP) is 4.50. The van der Waals surface area contributed by atoms with Crippen molar-refractivity contribution in [2.45, 2.75) is 12.8 Å². The van der Waals surface area contributed by atoms with Gasteiger partial charge in [0.15, 0.2) is 0 Å². The fraction of sp³-hybridized carbons (Fsp3) is 0.150. The second-order valence-electron chi connectivity index (χ2n) is 5.99. The van der Waals surface area contributed by atoms with Gasteiger partial charge in [0.2, 0.25) is 5.91 Å². The zero-order chi connectivity index (χ0) is 18.7. The first-order valence-corrected chi connectivity index (χ1v) is 8.11. The predicted molar refractivity (Wildman–Crippen MR) is 101 cm³/mol. The van der Waals surface area contributed by atoms with E-state index in [0.717, 1.165) is 22.1 Å². The maximum absolute atomic E-state index is 12.5. The molecule has 0 radical (unpaired) electrons. The first-order valence-electron chi connectivity index (χ1n) is 8.11. The Kier molecular flexibility index (Phi) is 4.84. The van der Waals surface area contributed by atoms with Gasteiger partial charge in [0.25, 0.3) is 5.69 Å². The van der Waals surface area contributed by atoms with Crippen LogP contribution in [0.3, 0.4) is 0 Å². The second-order valence-corrected chi connectivity index (χ2v) is 5.99. The molecule has 26 heavy (non-hydrogen) atoms. The summed E-state index contributed by atoms with van der Waals surface area (Å²) < 4.78 is 5.22. The average Bonchev–Trinajstić information content (AvgIpc) is 2.66. The lowest BCUT2D eigenvalue weighted by Gasteiger charge is -2.13. The van der Waals surface area contributed by atoms with Crippen molar-refractivity contribution in [3.05, 3.63) is 76.3 Å². The third-order valence-corrected chi connectivity index (χ3v) is 4.29. The molecule has 0 saturated carbocycles. The van der Waals surface area contributed by atoms with Gasteiger partial charge in [-0.15, -0.1) is 0 Å². The lowest BCUT2D eigenvalue weighted by Crippen LogP contribution is -2.18. The van der Waals surface area contributed by atoms with Gasteiger partial charge < -0.3 is 10.1 Å². The highest BCUT2D eigenvalue weighted by Gasteiger charge is 2.17. The highest BCUT2D eigenvalue weighted by atomic mass is 16.6. The molecule has 1 N–H and O–H groups in total. The minimum Gasteiger partial charge on any atom is -0.497 e. The SMILES string of the molecule is COc1ccc2cc([C@H](C)C(=O)Nc3cccc([N+](=O)[O-])c3)ccc2c1. The van der Waals surface area contributed by atoms with E-state index in [-0.39, 0.29) is 11.6 Å². The Morgan fingerprint density at radius 3 is 2.54 bits per heavy atom. The molecule has 0 heterocycles. The van der Waals surface area contributed by atoms with E-state index in [0.29, 0.717) is 5.69 Å². The van der Waals surface area contributed by atoms with Gasteiger partial charge in [-0.1, -0.05) is 30.3 Å². The molecule has 0 unspecified atom stereocenters. The number of nitro benzene ring substituents is 1. The number of nitrogens with zero attached hydrogens (tertiary/aromatic N) is 1. The van der Waals surface area contributed by atoms with E-state index in [1.807, 2.05) is 36.4 Å². The highest BCUT2D eigenvalue weighted by molar-refractivity contribution is 5.96. The highest BCUT2D eigenvalue weighted by Crippen LogP contribution is 2.26. The molecular formula is C20H18N2O4. The zero-order valence-electron chi connectivity index (χ0n) is 14.4. The molecule has 132 valence electrons. The molecule has 3 rings (SSSR count). The fourth-order valence-electron chi connectivity index (χ4n) is 2.74. The minimum atomic E-state index is -0.489. The van der Waals surface area contributed by atoms with Crippen molar-refractivity contribution in [2.24, 2.45) is 0 Å². The van der Waals surface area contributed by atoms with Gasteiger partial charge in [0.05, 0.1) is 18.0 Å². The number of methoxy groups -OCH3 is 1. The molecule has 3 aromatic carbocycles. The minimum absolute atomic E-state index is 0.0601. The molecule has 0 aliphatic carbocycles. The zero-order valence-corrected chi connectivity index (χ0v) is 14.4. The van der Waals surface area contributed by atoms with Gasteiger partial charge in [0.1, 0.15) is 5.75 Å². The first-order chi connectivity index (χ1) is 12.5. The smallest absolute Gasteiger partial charge is 0.271 e. The largest absolute Gasteiger partial charge is 0.497 e. The molecule has 0 aliphatic rings. The third-order valence-electron chi connectivity index (χ3n) is 4.29. The Balaban J connectivity index is 1.80. The van der Waals surface area contributed by atoms with E-state index in [2.05, 4.69) is 5.32 Å². The van der Waals surface area contributed by atoms with Crippen molar-refractivity contribution < 1.29 is 14.5 Å². The van der Waals surface area contributed by atoms with Crippen molar-refractivity contribution in [3.63, 3.8) is 0 Å².